The smallest absolute Gasteiger partial charge is 0.0107 e. The maximum atomic E-state index is 3.90. The summed E-state index contributed by atoms with van der Waals surface area (Å²) in [6.45, 7) is 8.42. The lowest BCUT2D eigenvalue weighted by Gasteiger charge is -2.30. The minimum absolute atomic E-state index is 0.595. The molecule has 1 aliphatic heterocycles. The van der Waals surface area contributed by atoms with Crippen LogP contribution in [0.25, 0.3) is 0 Å². The Labute approximate surface area is 152 Å². The monoisotopic (exact) mass is 338 g/mol. The van der Waals surface area contributed by atoms with Crippen molar-refractivity contribution in [2.24, 2.45) is 11.8 Å². The van der Waals surface area contributed by atoms with E-state index in [9.17, 15) is 0 Å². The van der Waals surface area contributed by atoms with Crippen LogP contribution in [0.3, 0.4) is 0 Å². The molecule has 4 atom stereocenters. The molecule has 2 heteroatoms. The topological polar surface area (TPSA) is 24.1 Å². The Morgan fingerprint density at radius 3 is 1.83 bits per heavy atom. The van der Waals surface area contributed by atoms with Gasteiger partial charge in [-0.1, -0.05) is 84.5 Å². The van der Waals surface area contributed by atoms with Gasteiger partial charge in [0.2, 0.25) is 0 Å². The van der Waals surface area contributed by atoms with Crippen LogP contribution < -0.4 is 10.6 Å². The zero-order valence-electron chi connectivity index (χ0n) is 17.2. The molecule has 4 unspecified atom stereocenters. The van der Waals surface area contributed by atoms with E-state index >= 15 is 0 Å². The molecule has 0 radical (unpaired) electrons. The molecule has 0 aromatic carbocycles. The van der Waals surface area contributed by atoms with E-state index in [1.165, 1.54) is 90.0 Å². The fourth-order valence-corrected chi connectivity index (χ4v) is 4.13. The van der Waals surface area contributed by atoms with E-state index in [1.54, 1.807) is 0 Å². The number of nitrogens with one attached hydrogen (secondary N) is 2. The molecule has 0 aromatic rings. The molecule has 0 aliphatic carbocycles. The van der Waals surface area contributed by atoms with Gasteiger partial charge in [-0.25, -0.2) is 0 Å². The molecule has 1 heterocycles. The van der Waals surface area contributed by atoms with E-state index in [2.05, 4.69) is 38.5 Å². The minimum atomic E-state index is 0.595. The van der Waals surface area contributed by atoms with Crippen LogP contribution in [-0.4, -0.2) is 25.7 Å². The number of hydrogen-bond acceptors (Lipinski definition) is 2. The van der Waals surface area contributed by atoms with E-state index in [0.717, 1.165) is 5.92 Å². The van der Waals surface area contributed by atoms with Gasteiger partial charge in [0.15, 0.2) is 0 Å². The van der Waals surface area contributed by atoms with Crippen LogP contribution in [0.15, 0.2) is 0 Å². The van der Waals surface area contributed by atoms with Crippen LogP contribution in [0.1, 0.15) is 104 Å². The first kappa shape index (κ1) is 22.0. The maximum absolute atomic E-state index is 3.90. The zero-order chi connectivity index (χ0) is 17.6. The highest BCUT2D eigenvalue weighted by atomic mass is 14.9. The van der Waals surface area contributed by atoms with Gasteiger partial charge < -0.3 is 10.6 Å². The highest BCUT2D eigenvalue weighted by molar-refractivity contribution is 4.80. The summed E-state index contributed by atoms with van der Waals surface area (Å²) < 4.78 is 0. The van der Waals surface area contributed by atoms with Crippen LogP contribution in [0.2, 0.25) is 0 Å². The first-order chi connectivity index (χ1) is 11.6. The Hall–Kier alpha value is -0.0800. The molecule has 0 saturated carbocycles. The highest BCUT2D eigenvalue weighted by Crippen LogP contribution is 2.20. The lowest BCUT2D eigenvalue weighted by Crippen LogP contribution is -2.44. The molecule has 1 rings (SSSR count). The quantitative estimate of drug-likeness (QED) is 0.668. The second-order valence-electron chi connectivity index (χ2n) is 8.50. The Morgan fingerprint density at radius 1 is 0.750 bits per heavy atom. The third-order valence-corrected chi connectivity index (χ3v) is 6.37. The third kappa shape index (κ3) is 10.0. The van der Waals surface area contributed by atoms with Gasteiger partial charge in [0.1, 0.15) is 0 Å². The normalized spacial score (nSPS) is 29.5. The standard InChI is InChI=1S/C22H46N2/c1-19-15-11-7-5-9-13-17-22(20(2)21(3)23-4)24-18-14-10-6-8-12-16-19/h19-24H,5-18H2,1-4H3. The van der Waals surface area contributed by atoms with E-state index in [-0.39, 0.29) is 0 Å². The molecule has 24 heavy (non-hydrogen) atoms. The average molecular weight is 339 g/mol. The van der Waals surface area contributed by atoms with Gasteiger partial charge >= 0.3 is 0 Å². The van der Waals surface area contributed by atoms with Gasteiger partial charge in [0.25, 0.3) is 0 Å². The lowest BCUT2D eigenvalue weighted by atomic mass is 9.90. The van der Waals surface area contributed by atoms with E-state index < -0.39 is 0 Å². The summed E-state index contributed by atoms with van der Waals surface area (Å²) in [6, 6.07) is 1.28. The Balaban J connectivity index is 2.41. The van der Waals surface area contributed by atoms with E-state index in [1.807, 2.05) is 0 Å². The van der Waals surface area contributed by atoms with Crippen LogP contribution in [0.4, 0.5) is 0 Å². The summed E-state index contributed by atoms with van der Waals surface area (Å²) in [4.78, 5) is 0. The van der Waals surface area contributed by atoms with E-state index in [4.69, 9.17) is 0 Å². The molecule has 2 nitrogen and oxygen atoms in total. The summed E-state index contributed by atoms with van der Waals surface area (Å²) in [5, 5.41) is 7.35. The molecule has 0 aromatic heterocycles. The molecule has 2 N–H and O–H groups in total. The zero-order valence-corrected chi connectivity index (χ0v) is 17.2. The van der Waals surface area contributed by atoms with Crippen molar-refractivity contribution in [2.45, 2.75) is 116 Å². The molecule has 1 aliphatic rings. The van der Waals surface area contributed by atoms with Crippen molar-refractivity contribution >= 4 is 0 Å². The first-order valence-corrected chi connectivity index (χ1v) is 11.1. The van der Waals surface area contributed by atoms with Crippen molar-refractivity contribution in [3.8, 4) is 0 Å². The molecular weight excluding hydrogens is 292 g/mol. The van der Waals surface area contributed by atoms with Crippen molar-refractivity contribution in [1.29, 1.82) is 0 Å². The summed E-state index contributed by atoms with van der Waals surface area (Å²) in [6.07, 6.45) is 18.5. The average Bonchev–Trinajstić information content (AvgIpc) is 2.59. The van der Waals surface area contributed by atoms with Gasteiger partial charge in [0.05, 0.1) is 0 Å². The molecule has 0 spiro atoms. The fourth-order valence-electron chi connectivity index (χ4n) is 4.13. The van der Waals surface area contributed by atoms with Crippen LogP contribution in [-0.2, 0) is 0 Å². The van der Waals surface area contributed by atoms with Crippen molar-refractivity contribution in [3.05, 3.63) is 0 Å². The highest BCUT2D eigenvalue weighted by Gasteiger charge is 2.20. The van der Waals surface area contributed by atoms with Gasteiger partial charge in [0, 0.05) is 12.1 Å². The first-order valence-electron chi connectivity index (χ1n) is 11.1. The summed E-state index contributed by atoms with van der Waals surface area (Å²) in [5.41, 5.74) is 0. The Morgan fingerprint density at radius 2 is 1.25 bits per heavy atom. The second-order valence-corrected chi connectivity index (χ2v) is 8.50. The van der Waals surface area contributed by atoms with Gasteiger partial charge in [-0.3, -0.25) is 0 Å². The Kier molecular flexibility index (Phi) is 12.9. The number of rotatable bonds is 3. The SMILES string of the molecule is CNC(C)C(C)C1CCCCCCCC(C)CCCCCCCN1. The van der Waals surface area contributed by atoms with Crippen molar-refractivity contribution in [3.63, 3.8) is 0 Å². The third-order valence-electron chi connectivity index (χ3n) is 6.37. The van der Waals surface area contributed by atoms with Crippen LogP contribution in [0, 0.1) is 11.8 Å². The van der Waals surface area contributed by atoms with Crippen LogP contribution in [0.5, 0.6) is 0 Å². The molecule has 1 saturated heterocycles. The van der Waals surface area contributed by atoms with Gasteiger partial charge in [-0.05, 0) is 45.2 Å². The Bertz CT molecular complexity index is 279. The molecule has 0 amide bonds. The second kappa shape index (κ2) is 14.1. The van der Waals surface area contributed by atoms with Crippen molar-refractivity contribution < 1.29 is 0 Å². The summed E-state index contributed by atoms with van der Waals surface area (Å²) >= 11 is 0. The van der Waals surface area contributed by atoms with Crippen LogP contribution >= 0.6 is 0 Å². The number of hydrogen-bond donors (Lipinski definition) is 2. The van der Waals surface area contributed by atoms with Crippen molar-refractivity contribution in [2.75, 3.05) is 13.6 Å². The minimum Gasteiger partial charge on any atom is -0.317 e. The summed E-state index contributed by atoms with van der Waals surface area (Å²) in [5.74, 6) is 1.66. The predicted octanol–water partition coefficient (Wildman–Crippen LogP) is 5.91. The van der Waals surface area contributed by atoms with E-state index in [0.29, 0.717) is 18.0 Å². The van der Waals surface area contributed by atoms with Gasteiger partial charge in [-0.2, -0.15) is 0 Å². The lowest BCUT2D eigenvalue weighted by molar-refractivity contribution is 0.288. The fraction of sp³-hybridized carbons (Fsp3) is 1.00. The molecule has 1 fully saturated rings. The molecule has 144 valence electrons. The largest absolute Gasteiger partial charge is 0.317 e. The van der Waals surface area contributed by atoms with Gasteiger partial charge in [-0.15, -0.1) is 0 Å². The predicted molar refractivity (Wildman–Crippen MR) is 109 cm³/mol. The van der Waals surface area contributed by atoms with Crippen molar-refractivity contribution in [1.82, 2.24) is 10.6 Å². The molecular formula is C22H46N2. The molecule has 0 bridgehead atoms. The maximum Gasteiger partial charge on any atom is 0.0107 e. The summed E-state index contributed by atoms with van der Waals surface area (Å²) in [7, 11) is 2.10.